The van der Waals surface area contributed by atoms with Crippen molar-refractivity contribution in [2.24, 2.45) is 17.8 Å². The number of benzene rings is 1. The molecule has 0 amide bonds. The van der Waals surface area contributed by atoms with Crippen LogP contribution >= 0.6 is 0 Å². The van der Waals surface area contributed by atoms with Gasteiger partial charge in [0.25, 0.3) is 0 Å². The standard InChI is InChI=1S/C17H19F6N2/c1-25-8-13-12(14(13)9-25)7-24-6-10-3-2-4-11(5-10)15(16(18,19)20)17(21,22)23/h2-5,12-15H,6-9H2,1H3/q-1. The number of piperidine rings is 1. The zero-order chi connectivity index (χ0) is 18.4. The molecular weight excluding hydrogens is 346 g/mol. The van der Waals surface area contributed by atoms with E-state index >= 15 is 0 Å². The molecule has 140 valence electrons. The van der Waals surface area contributed by atoms with Gasteiger partial charge in [-0.05, 0) is 24.4 Å². The summed E-state index contributed by atoms with van der Waals surface area (Å²) in [7, 11) is 2.06. The molecule has 1 heterocycles. The molecule has 0 N–H and O–H groups in total. The third-order valence-electron chi connectivity index (χ3n) is 5.13. The maximum atomic E-state index is 12.8. The summed E-state index contributed by atoms with van der Waals surface area (Å²) in [4.78, 5) is 2.25. The molecule has 1 aromatic carbocycles. The second-order valence-corrected chi connectivity index (χ2v) is 7.04. The van der Waals surface area contributed by atoms with Gasteiger partial charge in [0.1, 0.15) is 0 Å². The van der Waals surface area contributed by atoms with E-state index in [9.17, 15) is 26.3 Å². The Morgan fingerprint density at radius 2 is 1.68 bits per heavy atom. The number of halogens is 6. The van der Waals surface area contributed by atoms with Gasteiger partial charge in [0, 0.05) is 13.1 Å². The van der Waals surface area contributed by atoms with E-state index in [0.29, 0.717) is 29.9 Å². The summed E-state index contributed by atoms with van der Waals surface area (Å²) < 4.78 is 76.9. The van der Waals surface area contributed by atoms with Crippen LogP contribution in [0.2, 0.25) is 0 Å². The first-order valence-corrected chi connectivity index (χ1v) is 8.11. The number of fused-ring (bicyclic) bond motifs is 1. The molecule has 1 aliphatic carbocycles. The number of alkyl halides is 6. The Bertz CT molecular complexity index is 586. The van der Waals surface area contributed by atoms with Gasteiger partial charge in [-0.1, -0.05) is 35.7 Å². The quantitative estimate of drug-likeness (QED) is 0.699. The highest BCUT2D eigenvalue weighted by atomic mass is 19.4. The monoisotopic (exact) mass is 365 g/mol. The third-order valence-corrected chi connectivity index (χ3v) is 5.13. The van der Waals surface area contributed by atoms with Crippen LogP contribution in [0.15, 0.2) is 24.3 Å². The van der Waals surface area contributed by atoms with E-state index in [1.54, 1.807) is 0 Å². The first-order valence-electron chi connectivity index (χ1n) is 8.11. The molecule has 1 saturated heterocycles. The van der Waals surface area contributed by atoms with Gasteiger partial charge in [0.15, 0.2) is 5.92 Å². The van der Waals surface area contributed by atoms with E-state index in [4.69, 9.17) is 0 Å². The van der Waals surface area contributed by atoms with Crippen molar-refractivity contribution in [2.45, 2.75) is 24.8 Å². The van der Waals surface area contributed by atoms with E-state index in [-0.39, 0.29) is 6.54 Å². The first-order chi connectivity index (χ1) is 11.6. The summed E-state index contributed by atoms with van der Waals surface area (Å²) in [6.07, 6.45) is -10.7. The second-order valence-electron chi connectivity index (χ2n) is 7.04. The second kappa shape index (κ2) is 6.46. The lowest BCUT2D eigenvalue weighted by Gasteiger charge is -2.25. The van der Waals surface area contributed by atoms with Gasteiger partial charge < -0.3 is 10.2 Å². The highest BCUT2D eigenvalue weighted by Gasteiger charge is 2.57. The molecule has 1 aromatic rings. The zero-order valence-corrected chi connectivity index (χ0v) is 13.6. The Kier molecular flexibility index (Phi) is 4.79. The third kappa shape index (κ3) is 4.11. The van der Waals surface area contributed by atoms with Crippen LogP contribution in [0.4, 0.5) is 26.3 Å². The zero-order valence-electron chi connectivity index (χ0n) is 13.6. The van der Waals surface area contributed by atoms with E-state index in [1.807, 2.05) is 0 Å². The SMILES string of the molecule is CN1CC2C(C[N-]Cc3cccc(C(C(F)(F)F)C(F)(F)F)c3)C2C1. The van der Waals surface area contributed by atoms with Gasteiger partial charge in [-0.2, -0.15) is 26.3 Å². The Labute approximate surface area is 142 Å². The van der Waals surface area contributed by atoms with Crippen molar-refractivity contribution < 1.29 is 26.3 Å². The van der Waals surface area contributed by atoms with Crippen LogP contribution in [0.25, 0.3) is 5.32 Å². The lowest BCUT2D eigenvalue weighted by atomic mass is 9.96. The molecule has 2 unspecified atom stereocenters. The minimum atomic E-state index is -5.37. The highest BCUT2D eigenvalue weighted by molar-refractivity contribution is 5.30. The van der Waals surface area contributed by atoms with Gasteiger partial charge in [0.05, 0.1) is 0 Å². The van der Waals surface area contributed by atoms with Crippen molar-refractivity contribution in [3.05, 3.63) is 40.7 Å². The highest BCUT2D eigenvalue weighted by Crippen LogP contribution is 2.52. The number of nitrogens with zero attached hydrogens (tertiary/aromatic N) is 2. The molecule has 2 nitrogen and oxygen atoms in total. The minimum absolute atomic E-state index is 0.141. The van der Waals surface area contributed by atoms with Crippen molar-refractivity contribution in [1.29, 1.82) is 0 Å². The predicted octanol–water partition coefficient (Wildman–Crippen LogP) is 4.58. The van der Waals surface area contributed by atoms with Gasteiger partial charge >= 0.3 is 12.4 Å². The van der Waals surface area contributed by atoms with Gasteiger partial charge in [-0.3, -0.25) is 0 Å². The van der Waals surface area contributed by atoms with Crippen molar-refractivity contribution >= 4 is 0 Å². The van der Waals surface area contributed by atoms with Gasteiger partial charge in [0.2, 0.25) is 0 Å². The van der Waals surface area contributed by atoms with Crippen LogP contribution in [-0.4, -0.2) is 43.9 Å². The average molecular weight is 365 g/mol. The fourth-order valence-electron chi connectivity index (χ4n) is 3.91. The lowest BCUT2D eigenvalue weighted by molar-refractivity contribution is -0.253. The Hall–Kier alpha value is -1.28. The molecular formula is C17H19F6N2-. The molecule has 0 bridgehead atoms. The van der Waals surface area contributed by atoms with Crippen LogP contribution in [-0.2, 0) is 6.54 Å². The number of hydrogen-bond acceptors (Lipinski definition) is 1. The molecule has 1 saturated carbocycles. The molecule has 0 radical (unpaired) electrons. The maximum absolute atomic E-state index is 12.8. The van der Waals surface area contributed by atoms with Gasteiger partial charge in [-0.25, -0.2) is 0 Å². The Morgan fingerprint density at radius 3 is 2.24 bits per heavy atom. The number of rotatable bonds is 5. The molecule has 2 atom stereocenters. The summed E-state index contributed by atoms with van der Waals surface area (Å²) >= 11 is 0. The Morgan fingerprint density at radius 1 is 1.08 bits per heavy atom. The first kappa shape index (κ1) is 18.5. The minimum Gasteiger partial charge on any atom is -0.658 e. The summed E-state index contributed by atoms with van der Waals surface area (Å²) in [5.74, 6) is -1.67. The smallest absolute Gasteiger partial charge is 0.404 e. The molecule has 1 aliphatic heterocycles. The van der Waals surface area contributed by atoms with Crippen LogP contribution < -0.4 is 0 Å². The summed E-state index contributed by atoms with van der Waals surface area (Å²) in [6, 6.07) is 4.58. The molecule has 0 aromatic heterocycles. The predicted molar refractivity (Wildman–Crippen MR) is 81.2 cm³/mol. The van der Waals surface area contributed by atoms with Gasteiger partial charge in [-0.15, -0.1) is 13.1 Å². The lowest BCUT2D eigenvalue weighted by Crippen LogP contribution is -2.34. The van der Waals surface area contributed by atoms with E-state index in [0.717, 1.165) is 25.2 Å². The summed E-state index contributed by atoms with van der Waals surface area (Å²) in [5, 5.41) is 4.35. The van der Waals surface area contributed by atoms with Crippen LogP contribution in [0.3, 0.4) is 0 Å². The molecule has 25 heavy (non-hydrogen) atoms. The van der Waals surface area contributed by atoms with E-state index in [2.05, 4.69) is 17.3 Å². The van der Waals surface area contributed by atoms with E-state index < -0.39 is 23.8 Å². The molecule has 2 fully saturated rings. The largest absolute Gasteiger partial charge is 0.658 e. The number of likely N-dealkylation sites (tertiary alicyclic amines) is 1. The van der Waals surface area contributed by atoms with E-state index in [1.165, 1.54) is 12.1 Å². The molecule has 3 rings (SSSR count). The molecule has 0 spiro atoms. The van der Waals surface area contributed by atoms with Crippen LogP contribution in [0.1, 0.15) is 17.0 Å². The summed E-state index contributed by atoms with van der Waals surface area (Å²) in [6.45, 7) is 2.84. The van der Waals surface area contributed by atoms with Crippen molar-refractivity contribution in [1.82, 2.24) is 4.90 Å². The van der Waals surface area contributed by atoms with Crippen LogP contribution in [0, 0.1) is 17.8 Å². The molecule has 8 heteroatoms. The van der Waals surface area contributed by atoms with Crippen molar-refractivity contribution in [2.75, 3.05) is 26.7 Å². The topological polar surface area (TPSA) is 17.3 Å². The Balaban J connectivity index is 1.59. The fraction of sp³-hybridized carbons (Fsp3) is 0.647. The normalized spacial score (nSPS) is 27.0. The fourth-order valence-corrected chi connectivity index (χ4v) is 3.91. The number of hydrogen-bond donors (Lipinski definition) is 0. The molecule has 2 aliphatic rings. The maximum Gasteiger partial charge on any atom is 0.404 e. The van der Waals surface area contributed by atoms with Crippen molar-refractivity contribution in [3.8, 4) is 0 Å². The average Bonchev–Trinajstić information content (AvgIpc) is 2.91. The summed E-state index contributed by atoms with van der Waals surface area (Å²) in [5.41, 5.74) is -0.406. The van der Waals surface area contributed by atoms with Crippen LogP contribution in [0.5, 0.6) is 0 Å². The van der Waals surface area contributed by atoms with Crippen molar-refractivity contribution in [3.63, 3.8) is 0 Å².